The zero-order valence-corrected chi connectivity index (χ0v) is 17.2. The van der Waals surface area contributed by atoms with E-state index in [-0.39, 0.29) is 35.8 Å². The Morgan fingerprint density at radius 2 is 2.13 bits per heavy atom. The quantitative estimate of drug-likeness (QED) is 0.685. The molecule has 8 heteroatoms. The molecule has 3 heterocycles. The van der Waals surface area contributed by atoms with E-state index in [1.54, 1.807) is 24.3 Å². The lowest BCUT2D eigenvalue weighted by atomic mass is 10.1. The van der Waals surface area contributed by atoms with Crippen LogP contribution in [0.25, 0.3) is 22.2 Å². The van der Waals surface area contributed by atoms with Gasteiger partial charge in [-0.2, -0.15) is 0 Å². The summed E-state index contributed by atoms with van der Waals surface area (Å²) in [6.45, 7) is 6.73. The number of aliphatic hydroxyl groups is 1. The van der Waals surface area contributed by atoms with E-state index in [0.717, 1.165) is 17.4 Å². The number of benzene rings is 1. The van der Waals surface area contributed by atoms with E-state index in [1.807, 2.05) is 20.8 Å². The molecule has 0 spiro atoms. The summed E-state index contributed by atoms with van der Waals surface area (Å²) in [4.78, 5) is 20.8. The Labute approximate surface area is 173 Å². The lowest BCUT2D eigenvalue weighted by molar-refractivity contribution is -0.0136. The number of rotatable bonds is 4. The Balaban J connectivity index is 1.78. The average Bonchev–Trinajstić information content (AvgIpc) is 2.70. The van der Waals surface area contributed by atoms with Crippen molar-refractivity contribution in [2.75, 3.05) is 18.5 Å². The number of ether oxygens (including phenoxy) is 1. The van der Waals surface area contributed by atoms with Crippen molar-refractivity contribution in [3.63, 3.8) is 0 Å². The first-order valence-electron chi connectivity index (χ1n) is 10.1. The highest BCUT2D eigenvalue weighted by Gasteiger charge is 2.24. The normalized spacial score (nSPS) is 19.4. The average molecular weight is 412 g/mol. The first kappa shape index (κ1) is 20.4. The van der Waals surface area contributed by atoms with Crippen LogP contribution >= 0.6 is 0 Å². The molecule has 0 unspecified atom stereocenters. The van der Waals surface area contributed by atoms with Gasteiger partial charge in [-0.05, 0) is 39.3 Å². The predicted octanol–water partition coefficient (Wildman–Crippen LogP) is 3.05. The zero-order valence-electron chi connectivity index (χ0n) is 17.2. The molecule has 30 heavy (non-hydrogen) atoms. The van der Waals surface area contributed by atoms with Crippen molar-refractivity contribution in [2.45, 2.75) is 45.4 Å². The van der Waals surface area contributed by atoms with Crippen molar-refractivity contribution in [1.82, 2.24) is 14.5 Å². The van der Waals surface area contributed by atoms with Crippen LogP contribution in [-0.4, -0.2) is 45.0 Å². The number of aromatic nitrogens is 3. The van der Waals surface area contributed by atoms with Crippen molar-refractivity contribution in [3.05, 3.63) is 52.2 Å². The van der Waals surface area contributed by atoms with Gasteiger partial charge in [0.25, 0.3) is 0 Å². The minimum Gasteiger partial charge on any atom is -0.389 e. The molecule has 0 bridgehead atoms. The summed E-state index contributed by atoms with van der Waals surface area (Å²) in [5.74, 6) is -0.318. The lowest BCUT2D eigenvalue weighted by Gasteiger charge is -2.28. The molecule has 1 aliphatic heterocycles. The maximum Gasteiger partial charge on any atom is 0.223 e. The Morgan fingerprint density at radius 3 is 2.87 bits per heavy atom. The number of aliphatic hydroxyl groups excluding tert-OH is 1. The lowest BCUT2D eigenvalue weighted by Crippen LogP contribution is -2.42. The number of hydrogen-bond acceptors (Lipinski definition) is 6. The maximum absolute atomic E-state index is 14.6. The van der Waals surface area contributed by atoms with E-state index in [0.29, 0.717) is 24.0 Å². The van der Waals surface area contributed by atoms with Gasteiger partial charge in [-0.3, -0.25) is 4.79 Å². The summed E-state index contributed by atoms with van der Waals surface area (Å²) in [6, 6.07) is 6.69. The fraction of sp³-hybridized carbons (Fsp3) is 0.409. The van der Waals surface area contributed by atoms with E-state index in [9.17, 15) is 14.3 Å². The molecule has 1 aliphatic rings. The Morgan fingerprint density at radius 1 is 1.33 bits per heavy atom. The zero-order chi connectivity index (χ0) is 21.4. The summed E-state index contributed by atoms with van der Waals surface area (Å²) >= 11 is 0. The summed E-state index contributed by atoms with van der Waals surface area (Å²) in [6.07, 6.45) is 1.04. The third kappa shape index (κ3) is 3.80. The highest BCUT2D eigenvalue weighted by molar-refractivity contribution is 5.84. The molecular weight excluding hydrogens is 387 g/mol. The molecule has 3 aromatic rings. The molecule has 7 nitrogen and oxygen atoms in total. The van der Waals surface area contributed by atoms with Crippen LogP contribution in [0.2, 0.25) is 0 Å². The third-order valence-electron chi connectivity index (χ3n) is 5.42. The van der Waals surface area contributed by atoms with Gasteiger partial charge >= 0.3 is 0 Å². The third-order valence-corrected chi connectivity index (χ3v) is 5.42. The van der Waals surface area contributed by atoms with Crippen LogP contribution in [0.5, 0.6) is 0 Å². The molecule has 4 rings (SSSR count). The minimum absolute atomic E-state index is 0.0648. The number of hydrogen-bond donors (Lipinski definition) is 2. The molecule has 2 aromatic heterocycles. The summed E-state index contributed by atoms with van der Waals surface area (Å²) < 4.78 is 21.9. The van der Waals surface area contributed by atoms with Gasteiger partial charge in [0, 0.05) is 35.4 Å². The number of nitrogens with zero attached hydrogens (tertiary/aromatic N) is 3. The molecule has 158 valence electrons. The van der Waals surface area contributed by atoms with Gasteiger partial charge in [0.15, 0.2) is 11.2 Å². The second-order valence-electron chi connectivity index (χ2n) is 7.92. The first-order valence-corrected chi connectivity index (χ1v) is 10.1. The monoisotopic (exact) mass is 412 g/mol. The number of pyridine rings is 1. The van der Waals surface area contributed by atoms with Crippen molar-refractivity contribution in [1.29, 1.82) is 0 Å². The molecule has 1 saturated heterocycles. The van der Waals surface area contributed by atoms with Crippen molar-refractivity contribution in [3.8, 4) is 11.3 Å². The predicted molar refractivity (Wildman–Crippen MR) is 113 cm³/mol. The maximum atomic E-state index is 14.6. The van der Waals surface area contributed by atoms with Gasteiger partial charge in [0.2, 0.25) is 5.95 Å². The second-order valence-corrected chi connectivity index (χ2v) is 7.92. The highest BCUT2D eigenvalue weighted by atomic mass is 19.1. The largest absolute Gasteiger partial charge is 0.389 e. The number of anilines is 1. The summed E-state index contributed by atoms with van der Waals surface area (Å²) in [5, 5.41) is 13.7. The van der Waals surface area contributed by atoms with E-state index < -0.39 is 11.9 Å². The molecule has 1 fully saturated rings. The van der Waals surface area contributed by atoms with Gasteiger partial charge < -0.3 is 19.7 Å². The van der Waals surface area contributed by atoms with Crippen LogP contribution in [0.1, 0.15) is 32.0 Å². The molecule has 0 aliphatic carbocycles. The SMILES string of the molecule is Cc1cc(=O)c2ccc(-c3nc(N[C@@H]4CCOC[C@H]4O)ncc3F)cc2n1C(C)C. The van der Waals surface area contributed by atoms with Gasteiger partial charge in [0.1, 0.15) is 5.69 Å². The Bertz CT molecular complexity index is 1150. The van der Waals surface area contributed by atoms with Gasteiger partial charge in [0.05, 0.1) is 30.5 Å². The van der Waals surface area contributed by atoms with E-state index in [4.69, 9.17) is 4.74 Å². The van der Waals surface area contributed by atoms with Crippen LogP contribution in [0.3, 0.4) is 0 Å². The van der Waals surface area contributed by atoms with Crippen molar-refractivity contribution in [2.24, 2.45) is 0 Å². The Kier molecular flexibility index (Phi) is 5.53. The number of nitrogens with one attached hydrogen (secondary N) is 1. The van der Waals surface area contributed by atoms with Crippen LogP contribution in [0.15, 0.2) is 35.3 Å². The number of halogens is 1. The molecule has 0 amide bonds. The van der Waals surface area contributed by atoms with E-state index in [2.05, 4.69) is 19.9 Å². The van der Waals surface area contributed by atoms with E-state index >= 15 is 0 Å². The van der Waals surface area contributed by atoms with Gasteiger partial charge in [-0.1, -0.05) is 6.07 Å². The highest BCUT2D eigenvalue weighted by Crippen LogP contribution is 2.27. The summed E-state index contributed by atoms with van der Waals surface area (Å²) in [7, 11) is 0. The number of fused-ring (bicyclic) bond motifs is 1. The second kappa shape index (κ2) is 8.12. The minimum atomic E-state index is -0.681. The standard InChI is InChI=1S/C22H25FN4O3/c1-12(2)27-13(3)8-19(28)15-5-4-14(9-18(15)27)21-16(23)10-24-22(26-21)25-17-6-7-30-11-20(17)29/h4-5,8-10,12,17,20,29H,6-7,11H2,1-3H3,(H,24,25,26)/t17-,20-/m1/s1. The van der Waals surface area contributed by atoms with Crippen LogP contribution in [0, 0.1) is 12.7 Å². The fourth-order valence-electron chi connectivity index (χ4n) is 4.00. The Hall–Kier alpha value is -2.84. The van der Waals surface area contributed by atoms with Crippen molar-refractivity contribution >= 4 is 16.9 Å². The molecule has 2 N–H and O–H groups in total. The van der Waals surface area contributed by atoms with Crippen LogP contribution < -0.4 is 10.7 Å². The molecule has 1 aromatic carbocycles. The summed E-state index contributed by atoms with van der Waals surface area (Å²) in [5.41, 5.74) is 2.21. The van der Waals surface area contributed by atoms with E-state index in [1.165, 1.54) is 0 Å². The van der Waals surface area contributed by atoms with Crippen molar-refractivity contribution < 1.29 is 14.2 Å². The molecule has 0 radical (unpaired) electrons. The topological polar surface area (TPSA) is 89.3 Å². The number of aryl methyl sites for hydroxylation is 1. The molecule has 2 atom stereocenters. The van der Waals surface area contributed by atoms with Gasteiger partial charge in [-0.15, -0.1) is 0 Å². The fourth-order valence-corrected chi connectivity index (χ4v) is 4.00. The van der Waals surface area contributed by atoms with Crippen LogP contribution in [-0.2, 0) is 4.74 Å². The molecule has 0 saturated carbocycles. The molecular formula is C22H25FN4O3. The first-order chi connectivity index (χ1) is 14.3. The van der Waals surface area contributed by atoms with Crippen LogP contribution in [0.4, 0.5) is 10.3 Å². The van der Waals surface area contributed by atoms with Gasteiger partial charge in [-0.25, -0.2) is 14.4 Å². The smallest absolute Gasteiger partial charge is 0.223 e.